The van der Waals surface area contributed by atoms with Gasteiger partial charge in [0.1, 0.15) is 12.2 Å². The van der Waals surface area contributed by atoms with E-state index in [1.165, 1.54) is 0 Å². The fourth-order valence-electron chi connectivity index (χ4n) is 2.36. The summed E-state index contributed by atoms with van der Waals surface area (Å²) in [6.45, 7) is 6.07. The van der Waals surface area contributed by atoms with E-state index in [2.05, 4.69) is 24.2 Å². The predicted molar refractivity (Wildman–Crippen MR) is 70.6 cm³/mol. The van der Waals surface area contributed by atoms with E-state index in [-0.39, 0.29) is 6.54 Å². The Morgan fingerprint density at radius 1 is 1.30 bits per heavy atom. The van der Waals surface area contributed by atoms with Gasteiger partial charge < -0.3 is 20.1 Å². The van der Waals surface area contributed by atoms with Crippen molar-refractivity contribution in [2.24, 2.45) is 11.8 Å². The van der Waals surface area contributed by atoms with Gasteiger partial charge in [0.25, 0.3) is 0 Å². The maximum absolute atomic E-state index is 9.99. The van der Waals surface area contributed by atoms with Gasteiger partial charge in [0, 0.05) is 12.1 Å². The number of ether oxygens (including phenoxy) is 1. The van der Waals surface area contributed by atoms with Crippen LogP contribution in [-0.4, -0.2) is 54.9 Å². The van der Waals surface area contributed by atoms with Crippen LogP contribution in [0.5, 0.6) is 0 Å². The first-order valence-corrected chi connectivity index (χ1v) is 6.97. The summed E-state index contributed by atoms with van der Waals surface area (Å²) in [4.78, 5) is 0. The second-order valence-electron chi connectivity index (χ2n) is 5.94. The molecule has 1 aliphatic heterocycles. The molecule has 5 unspecified atom stereocenters. The summed E-state index contributed by atoms with van der Waals surface area (Å²) in [5, 5.41) is 37.6. The second kappa shape index (κ2) is 6.17. The molecule has 1 aromatic heterocycles. The lowest BCUT2D eigenvalue weighted by atomic mass is 9.92. The van der Waals surface area contributed by atoms with Gasteiger partial charge in [-0.3, -0.25) is 0 Å². The Bertz CT molecular complexity index is 437. The van der Waals surface area contributed by atoms with Crippen LogP contribution in [0.25, 0.3) is 0 Å². The summed E-state index contributed by atoms with van der Waals surface area (Å²) in [7, 11) is 0. The van der Waals surface area contributed by atoms with E-state index in [9.17, 15) is 15.3 Å². The highest BCUT2D eigenvalue weighted by Gasteiger charge is 2.41. The van der Waals surface area contributed by atoms with Gasteiger partial charge in [0.15, 0.2) is 6.29 Å². The normalized spacial score (nSPS) is 34.6. The number of hydrogen-bond acceptors (Lipinski definition) is 6. The standard InChI is InChI=1S/C13H23N3O4/c1-7(2)4-9-5-16(15-14-9)6-10-12(18)11(17)8(3)13(19)20-10/h5,7-8,10-13,17-19H,4,6H2,1-3H3. The lowest BCUT2D eigenvalue weighted by molar-refractivity contribution is -0.263. The van der Waals surface area contributed by atoms with Gasteiger partial charge in [0.2, 0.25) is 0 Å². The Kier molecular flexibility index (Phi) is 4.74. The van der Waals surface area contributed by atoms with Gasteiger partial charge in [-0.2, -0.15) is 0 Å². The SMILES string of the molecule is CC(C)Cc1cn(CC2OC(O)C(C)C(O)C2O)nn1. The van der Waals surface area contributed by atoms with E-state index in [1.807, 2.05) is 0 Å². The molecule has 3 N–H and O–H groups in total. The van der Waals surface area contributed by atoms with Crippen molar-refractivity contribution in [3.8, 4) is 0 Å². The van der Waals surface area contributed by atoms with Crippen molar-refractivity contribution in [2.45, 2.75) is 58.3 Å². The Hall–Kier alpha value is -1.02. The highest BCUT2D eigenvalue weighted by atomic mass is 16.6. The third-order valence-electron chi connectivity index (χ3n) is 3.60. The zero-order valence-corrected chi connectivity index (χ0v) is 12.0. The summed E-state index contributed by atoms with van der Waals surface area (Å²) in [5.41, 5.74) is 0.875. The Morgan fingerprint density at radius 2 is 2.00 bits per heavy atom. The van der Waals surface area contributed by atoms with Gasteiger partial charge in [0.05, 0.1) is 18.3 Å². The van der Waals surface area contributed by atoms with Crippen molar-refractivity contribution >= 4 is 0 Å². The summed E-state index contributed by atoms with van der Waals surface area (Å²) in [6.07, 6.45) is -1.22. The smallest absolute Gasteiger partial charge is 0.160 e. The molecule has 0 amide bonds. The zero-order valence-electron chi connectivity index (χ0n) is 12.0. The minimum Gasteiger partial charge on any atom is -0.390 e. The molecule has 0 spiro atoms. The number of rotatable bonds is 4. The Labute approximate surface area is 118 Å². The van der Waals surface area contributed by atoms with Crippen molar-refractivity contribution in [3.05, 3.63) is 11.9 Å². The van der Waals surface area contributed by atoms with Gasteiger partial charge in [-0.15, -0.1) is 5.10 Å². The molecule has 114 valence electrons. The third kappa shape index (κ3) is 3.35. The molecular weight excluding hydrogens is 262 g/mol. The van der Waals surface area contributed by atoms with E-state index in [4.69, 9.17) is 4.74 Å². The average Bonchev–Trinajstić information content (AvgIpc) is 2.80. The molecule has 20 heavy (non-hydrogen) atoms. The molecule has 0 aliphatic carbocycles. The number of aromatic nitrogens is 3. The van der Waals surface area contributed by atoms with Crippen LogP contribution >= 0.6 is 0 Å². The molecule has 2 heterocycles. The van der Waals surface area contributed by atoms with E-state index in [0.717, 1.165) is 12.1 Å². The van der Waals surface area contributed by atoms with E-state index in [1.54, 1.807) is 17.8 Å². The predicted octanol–water partition coefficient (Wildman–Crippen LogP) is -0.448. The van der Waals surface area contributed by atoms with Crippen LogP contribution in [0.15, 0.2) is 6.20 Å². The Morgan fingerprint density at radius 3 is 2.65 bits per heavy atom. The topological polar surface area (TPSA) is 101 Å². The van der Waals surface area contributed by atoms with Gasteiger partial charge in [-0.1, -0.05) is 26.0 Å². The molecule has 1 fully saturated rings. The molecule has 0 radical (unpaired) electrons. The molecule has 1 saturated heterocycles. The molecule has 7 nitrogen and oxygen atoms in total. The fourth-order valence-corrected chi connectivity index (χ4v) is 2.36. The van der Waals surface area contributed by atoms with Crippen LogP contribution in [0.4, 0.5) is 0 Å². The molecule has 0 bridgehead atoms. The monoisotopic (exact) mass is 285 g/mol. The number of aliphatic hydroxyl groups is 3. The summed E-state index contributed by atoms with van der Waals surface area (Å²) in [6, 6.07) is 0. The van der Waals surface area contributed by atoms with Crippen LogP contribution in [-0.2, 0) is 17.7 Å². The first-order valence-electron chi connectivity index (χ1n) is 6.97. The molecule has 0 aromatic carbocycles. The number of nitrogens with zero attached hydrogens (tertiary/aromatic N) is 3. The molecule has 1 aliphatic rings. The Balaban J connectivity index is 2.00. The number of hydrogen-bond donors (Lipinski definition) is 3. The van der Waals surface area contributed by atoms with Crippen molar-refractivity contribution in [1.82, 2.24) is 15.0 Å². The third-order valence-corrected chi connectivity index (χ3v) is 3.60. The molecule has 5 atom stereocenters. The first kappa shape index (κ1) is 15.4. The molecule has 2 rings (SSSR count). The van der Waals surface area contributed by atoms with E-state index in [0.29, 0.717) is 5.92 Å². The summed E-state index contributed by atoms with van der Waals surface area (Å²) in [5.74, 6) is -0.0327. The zero-order chi connectivity index (χ0) is 14.9. The fraction of sp³-hybridized carbons (Fsp3) is 0.846. The van der Waals surface area contributed by atoms with Crippen LogP contribution in [0.3, 0.4) is 0 Å². The molecular formula is C13H23N3O4. The lowest BCUT2D eigenvalue weighted by Gasteiger charge is -2.39. The summed E-state index contributed by atoms with van der Waals surface area (Å²) >= 11 is 0. The van der Waals surface area contributed by atoms with Crippen LogP contribution < -0.4 is 0 Å². The second-order valence-corrected chi connectivity index (χ2v) is 5.94. The minimum absolute atomic E-state index is 0.243. The van der Waals surface area contributed by atoms with E-state index < -0.39 is 30.5 Å². The number of aliphatic hydroxyl groups excluding tert-OH is 3. The average molecular weight is 285 g/mol. The van der Waals surface area contributed by atoms with Crippen LogP contribution in [0.1, 0.15) is 26.5 Å². The molecule has 1 aromatic rings. The van der Waals surface area contributed by atoms with Crippen molar-refractivity contribution in [1.29, 1.82) is 0 Å². The quantitative estimate of drug-likeness (QED) is 0.693. The van der Waals surface area contributed by atoms with E-state index >= 15 is 0 Å². The largest absolute Gasteiger partial charge is 0.390 e. The van der Waals surface area contributed by atoms with Gasteiger partial charge in [-0.25, -0.2) is 4.68 Å². The highest BCUT2D eigenvalue weighted by molar-refractivity contribution is 4.94. The van der Waals surface area contributed by atoms with Crippen LogP contribution in [0, 0.1) is 11.8 Å². The van der Waals surface area contributed by atoms with Crippen molar-refractivity contribution < 1.29 is 20.1 Å². The highest BCUT2D eigenvalue weighted by Crippen LogP contribution is 2.25. The van der Waals surface area contributed by atoms with Crippen molar-refractivity contribution in [3.63, 3.8) is 0 Å². The maximum atomic E-state index is 9.99. The molecule has 0 saturated carbocycles. The summed E-state index contributed by atoms with van der Waals surface area (Å²) < 4.78 is 6.90. The maximum Gasteiger partial charge on any atom is 0.160 e. The van der Waals surface area contributed by atoms with Gasteiger partial charge in [-0.05, 0) is 12.3 Å². The van der Waals surface area contributed by atoms with Crippen molar-refractivity contribution in [2.75, 3.05) is 0 Å². The molecule has 7 heteroatoms. The first-order chi connectivity index (χ1) is 9.38. The van der Waals surface area contributed by atoms with Gasteiger partial charge >= 0.3 is 0 Å². The minimum atomic E-state index is -1.09. The lowest BCUT2D eigenvalue weighted by Crippen LogP contribution is -2.54. The van der Waals surface area contributed by atoms with Crippen LogP contribution in [0.2, 0.25) is 0 Å².